The number of aliphatic imine (C=N–C) groups is 1. The van der Waals surface area contributed by atoms with Gasteiger partial charge in [0.2, 0.25) is 0 Å². The van der Waals surface area contributed by atoms with Crippen molar-refractivity contribution in [1.82, 2.24) is 15.5 Å². The minimum Gasteiger partial charge on any atom is -0.379 e. The van der Waals surface area contributed by atoms with E-state index in [9.17, 15) is 0 Å². The Morgan fingerprint density at radius 1 is 1.43 bits per heavy atom. The highest BCUT2D eigenvalue weighted by Crippen LogP contribution is 2.25. The van der Waals surface area contributed by atoms with Crippen LogP contribution in [0, 0.1) is 0 Å². The normalized spacial score (nSPS) is 17.9. The zero-order valence-corrected chi connectivity index (χ0v) is 15.7. The summed E-state index contributed by atoms with van der Waals surface area (Å²) >= 11 is 3.70. The molecule has 1 atom stereocenters. The van der Waals surface area contributed by atoms with Crippen molar-refractivity contribution in [3.63, 3.8) is 0 Å². The molecule has 0 spiro atoms. The van der Waals surface area contributed by atoms with Gasteiger partial charge in [-0.3, -0.25) is 9.89 Å². The van der Waals surface area contributed by atoms with Crippen LogP contribution in [0.5, 0.6) is 0 Å². The Kier molecular flexibility index (Phi) is 8.81. The molecule has 5 nitrogen and oxygen atoms in total. The van der Waals surface area contributed by atoms with Gasteiger partial charge in [-0.15, -0.1) is 11.3 Å². The lowest BCUT2D eigenvalue weighted by Crippen LogP contribution is -2.46. The number of nitrogens with one attached hydrogen (secondary N) is 2. The number of thioether (sulfide) groups is 1. The fourth-order valence-electron chi connectivity index (χ4n) is 2.62. The van der Waals surface area contributed by atoms with Gasteiger partial charge in [-0.25, -0.2) is 0 Å². The second-order valence-electron chi connectivity index (χ2n) is 5.41. The van der Waals surface area contributed by atoms with Crippen molar-refractivity contribution in [1.29, 1.82) is 0 Å². The van der Waals surface area contributed by atoms with Crippen LogP contribution >= 0.6 is 23.1 Å². The van der Waals surface area contributed by atoms with Crippen LogP contribution in [0.25, 0.3) is 0 Å². The van der Waals surface area contributed by atoms with Gasteiger partial charge in [0.15, 0.2) is 5.96 Å². The number of rotatable bonds is 8. The lowest BCUT2D eigenvalue weighted by atomic mass is 10.2. The summed E-state index contributed by atoms with van der Waals surface area (Å²) < 4.78 is 5.49. The molecule has 2 heterocycles. The summed E-state index contributed by atoms with van der Waals surface area (Å²) in [6.45, 7) is 5.45. The average molecular weight is 357 g/mol. The Labute approximate surface area is 147 Å². The number of ether oxygens (including phenoxy) is 1. The highest BCUT2D eigenvalue weighted by molar-refractivity contribution is 7.98. The SMILES string of the molecule is CN=C(NCCCSC)NCC(c1cccs1)N1CCOCC1. The van der Waals surface area contributed by atoms with E-state index >= 15 is 0 Å². The number of morpholine rings is 1. The van der Waals surface area contributed by atoms with Crippen LogP contribution in [0.1, 0.15) is 17.3 Å². The second kappa shape index (κ2) is 10.9. The first-order valence-electron chi connectivity index (χ1n) is 8.13. The summed E-state index contributed by atoms with van der Waals surface area (Å²) in [4.78, 5) is 8.24. The van der Waals surface area contributed by atoms with Crippen molar-refractivity contribution in [3.05, 3.63) is 22.4 Å². The highest BCUT2D eigenvalue weighted by atomic mass is 32.2. The molecular formula is C16H28N4OS2. The Balaban J connectivity index is 1.87. The first kappa shape index (κ1) is 18.6. The molecule has 1 fully saturated rings. The molecule has 1 aromatic heterocycles. The molecule has 0 bridgehead atoms. The summed E-state index contributed by atoms with van der Waals surface area (Å²) in [6.07, 6.45) is 3.29. The molecule has 0 aliphatic carbocycles. The van der Waals surface area contributed by atoms with E-state index in [1.165, 1.54) is 10.6 Å². The average Bonchev–Trinajstić information content (AvgIpc) is 3.12. The lowest BCUT2D eigenvalue weighted by molar-refractivity contribution is 0.0177. The van der Waals surface area contributed by atoms with Crippen LogP contribution in [0.3, 0.4) is 0 Å². The van der Waals surface area contributed by atoms with Crippen LogP contribution in [0.4, 0.5) is 0 Å². The summed E-state index contributed by atoms with van der Waals surface area (Å²) in [5.41, 5.74) is 0. The van der Waals surface area contributed by atoms with Crippen LogP contribution in [0.15, 0.2) is 22.5 Å². The standard InChI is InChI=1S/C16H28N4OS2/c1-17-16(18-6-4-11-22-2)19-13-14(15-5-3-12-23-15)20-7-9-21-10-8-20/h3,5,12,14H,4,6-11,13H2,1-2H3,(H2,17,18,19). The van der Waals surface area contributed by atoms with Crippen LogP contribution in [-0.4, -0.2) is 69.3 Å². The molecule has 2 N–H and O–H groups in total. The fraction of sp³-hybridized carbons (Fsp3) is 0.688. The molecule has 2 rings (SSSR count). The first-order chi connectivity index (χ1) is 11.3. The van der Waals surface area contributed by atoms with Gasteiger partial charge < -0.3 is 15.4 Å². The maximum absolute atomic E-state index is 5.49. The molecule has 0 saturated carbocycles. The third-order valence-corrected chi connectivity index (χ3v) is 5.53. The molecule has 130 valence electrons. The molecule has 0 amide bonds. The minimum atomic E-state index is 0.378. The highest BCUT2D eigenvalue weighted by Gasteiger charge is 2.23. The Bertz CT molecular complexity index is 447. The number of hydrogen-bond acceptors (Lipinski definition) is 5. The van der Waals surface area contributed by atoms with Gasteiger partial charge in [0, 0.05) is 38.1 Å². The predicted molar refractivity (Wildman–Crippen MR) is 102 cm³/mol. The van der Waals surface area contributed by atoms with E-state index in [0.29, 0.717) is 6.04 Å². The molecule has 0 radical (unpaired) electrons. The number of guanidine groups is 1. The molecule has 1 unspecified atom stereocenters. The van der Waals surface area contributed by atoms with Crippen LogP contribution in [0.2, 0.25) is 0 Å². The molecule has 7 heteroatoms. The van der Waals surface area contributed by atoms with E-state index < -0.39 is 0 Å². The molecule has 1 saturated heterocycles. The van der Waals surface area contributed by atoms with Gasteiger partial charge >= 0.3 is 0 Å². The van der Waals surface area contributed by atoms with Gasteiger partial charge in [0.05, 0.1) is 19.3 Å². The zero-order chi connectivity index (χ0) is 16.3. The lowest BCUT2D eigenvalue weighted by Gasteiger charge is -2.34. The molecule has 1 aliphatic rings. The fourth-order valence-corrected chi connectivity index (χ4v) is 3.91. The Hall–Kier alpha value is -0.760. The quantitative estimate of drug-likeness (QED) is 0.424. The van der Waals surface area contributed by atoms with Crippen molar-refractivity contribution in [2.45, 2.75) is 12.5 Å². The minimum absolute atomic E-state index is 0.378. The summed E-state index contributed by atoms with van der Waals surface area (Å²) in [5.74, 6) is 2.07. The van der Waals surface area contributed by atoms with Crippen molar-refractivity contribution in [2.24, 2.45) is 4.99 Å². The van der Waals surface area contributed by atoms with Gasteiger partial charge in [-0.2, -0.15) is 11.8 Å². The van der Waals surface area contributed by atoms with E-state index in [1.807, 2.05) is 30.1 Å². The summed E-state index contributed by atoms with van der Waals surface area (Å²) in [5, 5.41) is 9.03. The second-order valence-corrected chi connectivity index (χ2v) is 7.37. The summed E-state index contributed by atoms with van der Waals surface area (Å²) in [6, 6.07) is 4.73. The maximum Gasteiger partial charge on any atom is 0.191 e. The molecular weight excluding hydrogens is 328 g/mol. The largest absolute Gasteiger partial charge is 0.379 e. The molecule has 0 aromatic carbocycles. The Morgan fingerprint density at radius 3 is 2.91 bits per heavy atom. The van der Waals surface area contributed by atoms with Crippen molar-refractivity contribution >= 4 is 29.1 Å². The van der Waals surface area contributed by atoms with E-state index in [2.05, 4.69) is 44.3 Å². The molecule has 1 aromatic rings. The van der Waals surface area contributed by atoms with E-state index in [0.717, 1.165) is 51.8 Å². The van der Waals surface area contributed by atoms with Gasteiger partial charge in [-0.05, 0) is 29.9 Å². The third-order valence-electron chi connectivity index (χ3n) is 3.86. The van der Waals surface area contributed by atoms with Crippen molar-refractivity contribution in [3.8, 4) is 0 Å². The van der Waals surface area contributed by atoms with E-state index in [-0.39, 0.29) is 0 Å². The molecule has 1 aliphatic heterocycles. The van der Waals surface area contributed by atoms with E-state index in [1.54, 1.807) is 0 Å². The maximum atomic E-state index is 5.49. The zero-order valence-electron chi connectivity index (χ0n) is 14.1. The van der Waals surface area contributed by atoms with Crippen LogP contribution in [-0.2, 0) is 4.74 Å². The Morgan fingerprint density at radius 2 is 2.26 bits per heavy atom. The third kappa shape index (κ3) is 6.33. The van der Waals surface area contributed by atoms with Crippen LogP contribution < -0.4 is 10.6 Å². The predicted octanol–water partition coefficient (Wildman–Crippen LogP) is 2.04. The monoisotopic (exact) mass is 356 g/mol. The smallest absolute Gasteiger partial charge is 0.191 e. The van der Waals surface area contributed by atoms with Crippen molar-refractivity contribution in [2.75, 3.05) is 58.4 Å². The number of hydrogen-bond donors (Lipinski definition) is 2. The molecule has 23 heavy (non-hydrogen) atoms. The van der Waals surface area contributed by atoms with Gasteiger partial charge in [0.25, 0.3) is 0 Å². The first-order valence-corrected chi connectivity index (χ1v) is 10.4. The van der Waals surface area contributed by atoms with Crippen molar-refractivity contribution < 1.29 is 4.74 Å². The topological polar surface area (TPSA) is 48.9 Å². The van der Waals surface area contributed by atoms with Gasteiger partial charge in [0.1, 0.15) is 0 Å². The number of nitrogens with zero attached hydrogens (tertiary/aromatic N) is 2. The summed E-state index contributed by atoms with van der Waals surface area (Å²) in [7, 11) is 1.83. The number of thiophene rings is 1. The van der Waals surface area contributed by atoms with E-state index in [4.69, 9.17) is 4.74 Å². The van der Waals surface area contributed by atoms with Gasteiger partial charge in [-0.1, -0.05) is 6.07 Å².